The molecule has 0 unspecified atom stereocenters. The van der Waals surface area contributed by atoms with Gasteiger partial charge in [0.05, 0.1) is 4.92 Å². The molecule has 1 aromatic heterocycles. The van der Waals surface area contributed by atoms with Crippen molar-refractivity contribution in [2.75, 3.05) is 12.4 Å². The molecule has 0 fully saturated rings. The molecule has 8 heteroatoms. The van der Waals surface area contributed by atoms with E-state index in [-0.39, 0.29) is 23.2 Å². The number of aromatic nitrogens is 2. The lowest BCUT2D eigenvalue weighted by molar-refractivity contribution is -0.386. The fraction of sp³-hybridized carbons (Fsp3) is 0.231. The summed E-state index contributed by atoms with van der Waals surface area (Å²) in [6.45, 7) is 3.32. The molecule has 0 radical (unpaired) electrons. The van der Waals surface area contributed by atoms with Gasteiger partial charge in [0.2, 0.25) is 5.95 Å². The number of aryl methyl sites for hydroxylation is 2. The molecule has 0 aliphatic rings. The summed E-state index contributed by atoms with van der Waals surface area (Å²) in [7, 11) is 1.62. The van der Waals surface area contributed by atoms with E-state index in [1.165, 1.54) is 6.92 Å². The van der Waals surface area contributed by atoms with Gasteiger partial charge in [0, 0.05) is 12.1 Å². The van der Waals surface area contributed by atoms with E-state index in [0.717, 1.165) is 5.56 Å². The van der Waals surface area contributed by atoms with Crippen molar-refractivity contribution in [3.63, 3.8) is 0 Å². The molecule has 0 aliphatic heterocycles. The third-order valence-corrected chi connectivity index (χ3v) is 3.01. The molecule has 0 spiro atoms. The van der Waals surface area contributed by atoms with E-state index in [9.17, 15) is 10.1 Å². The number of rotatable bonds is 4. The average molecular weight is 309 g/mol. The predicted molar refractivity (Wildman–Crippen MR) is 79.2 cm³/mol. The van der Waals surface area contributed by atoms with Crippen molar-refractivity contribution in [3.05, 3.63) is 44.6 Å². The SMILES string of the molecule is CNc1nc(C)c([N+](=O)[O-])c(Oc2ccc(Cl)cc2C)n1. The summed E-state index contributed by atoms with van der Waals surface area (Å²) in [6, 6.07) is 4.98. The smallest absolute Gasteiger partial charge is 0.352 e. The Morgan fingerprint density at radius 3 is 2.62 bits per heavy atom. The van der Waals surface area contributed by atoms with Crippen molar-refractivity contribution in [2.24, 2.45) is 0 Å². The molecule has 0 saturated carbocycles. The van der Waals surface area contributed by atoms with Crippen LogP contribution < -0.4 is 10.1 Å². The molecule has 1 heterocycles. The monoisotopic (exact) mass is 308 g/mol. The minimum Gasteiger partial charge on any atom is -0.433 e. The maximum absolute atomic E-state index is 11.2. The Balaban J connectivity index is 2.51. The maximum Gasteiger partial charge on any atom is 0.352 e. The first-order chi connectivity index (χ1) is 9.92. The summed E-state index contributed by atoms with van der Waals surface area (Å²) in [6.07, 6.45) is 0. The summed E-state index contributed by atoms with van der Waals surface area (Å²) < 4.78 is 5.59. The number of halogens is 1. The largest absolute Gasteiger partial charge is 0.433 e. The lowest BCUT2D eigenvalue weighted by Crippen LogP contribution is -2.05. The van der Waals surface area contributed by atoms with Crippen LogP contribution in [0, 0.1) is 24.0 Å². The number of nitrogens with zero attached hydrogens (tertiary/aromatic N) is 3. The van der Waals surface area contributed by atoms with Gasteiger partial charge in [-0.1, -0.05) is 11.6 Å². The van der Waals surface area contributed by atoms with E-state index in [4.69, 9.17) is 16.3 Å². The summed E-state index contributed by atoms with van der Waals surface area (Å²) in [5.41, 5.74) is 0.711. The second kappa shape index (κ2) is 5.92. The second-order valence-electron chi connectivity index (χ2n) is 4.31. The summed E-state index contributed by atoms with van der Waals surface area (Å²) in [5, 5.41) is 14.5. The number of ether oxygens (including phenoxy) is 1. The van der Waals surface area contributed by atoms with Crippen molar-refractivity contribution in [2.45, 2.75) is 13.8 Å². The van der Waals surface area contributed by atoms with Crippen molar-refractivity contribution in [1.29, 1.82) is 0 Å². The highest BCUT2D eigenvalue weighted by molar-refractivity contribution is 6.30. The van der Waals surface area contributed by atoms with Gasteiger partial charge in [-0.05, 0) is 37.6 Å². The number of hydrogen-bond acceptors (Lipinski definition) is 6. The molecule has 110 valence electrons. The van der Waals surface area contributed by atoms with Gasteiger partial charge in [-0.2, -0.15) is 4.98 Å². The highest BCUT2D eigenvalue weighted by Gasteiger charge is 2.24. The van der Waals surface area contributed by atoms with Crippen molar-refractivity contribution in [3.8, 4) is 11.6 Å². The molecule has 0 saturated heterocycles. The number of anilines is 1. The summed E-state index contributed by atoms with van der Waals surface area (Å²) >= 11 is 5.88. The Morgan fingerprint density at radius 2 is 2.05 bits per heavy atom. The molecule has 0 aliphatic carbocycles. The van der Waals surface area contributed by atoms with Crippen LogP contribution in [0.3, 0.4) is 0 Å². The molecule has 0 atom stereocenters. The Morgan fingerprint density at radius 1 is 1.33 bits per heavy atom. The van der Waals surface area contributed by atoms with Crippen molar-refractivity contribution < 1.29 is 9.66 Å². The second-order valence-corrected chi connectivity index (χ2v) is 4.74. The topological polar surface area (TPSA) is 90.2 Å². The fourth-order valence-corrected chi connectivity index (χ4v) is 1.99. The molecule has 2 rings (SSSR count). The minimum absolute atomic E-state index is 0.109. The van der Waals surface area contributed by atoms with Crippen LogP contribution in [0.1, 0.15) is 11.3 Å². The van der Waals surface area contributed by atoms with E-state index >= 15 is 0 Å². The first kappa shape index (κ1) is 15.0. The van der Waals surface area contributed by atoms with E-state index in [1.807, 2.05) is 0 Å². The number of hydrogen-bond donors (Lipinski definition) is 1. The Hall–Kier alpha value is -2.41. The van der Waals surface area contributed by atoms with Crippen LogP contribution in [-0.2, 0) is 0 Å². The first-order valence-electron chi connectivity index (χ1n) is 6.07. The number of benzene rings is 1. The molecule has 7 nitrogen and oxygen atoms in total. The molecule has 1 N–H and O–H groups in total. The number of nitrogens with one attached hydrogen (secondary N) is 1. The van der Waals surface area contributed by atoms with Gasteiger partial charge >= 0.3 is 11.6 Å². The zero-order chi connectivity index (χ0) is 15.6. The first-order valence-corrected chi connectivity index (χ1v) is 6.45. The molecule has 1 aromatic carbocycles. The third kappa shape index (κ3) is 3.19. The van der Waals surface area contributed by atoms with Gasteiger partial charge < -0.3 is 10.1 Å². The number of nitro groups is 1. The lowest BCUT2D eigenvalue weighted by atomic mass is 10.2. The van der Waals surface area contributed by atoms with E-state index in [2.05, 4.69) is 15.3 Å². The Kier molecular flexibility index (Phi) is 4.23. The lowest BCUT2D eigenvalue weighted by Gasteiger charge is -2.10. The summed E-state index contributed by atoms with van der Waals surface area (Å²) in [4.78, 5) is 18.6. The molecular weight excluding hydrogens is 296 g/mol. The minimum atomic E-state index is -0.560. The maximum atomic E-state index is 11.2. The van der Waals surface area contributed by atoms with Gasteiger partial charge in [-0.25, -0.2) is 4.98 Å². The molecular formula is C13H13ClN4O3. The Labute approximate surface area is 126 Å². The normalized spacial score (nSPS) is 10.3. The van der Waals surface area contributed by atoms with Crippen LogP contribution in [0.2, 0.25) is 5.02 Å². The van der Waals surface area contributed by atoms with Gasteiger partial charge in [-0.3, -0.25) is 10.1 Å². The van der Waals surface area contributed by atoms with E-state index < -0.39 is 4.92 Å². The summed E-state index contributed by atoms with van der Waals surface area (Å²) in [5.74, 6) is 0.588. The average Bonchev–Trinajstić information content (AvgIpc) is 2.40. The van der Waals surface area contributed by atoms with Gasteiger partial charge in [0.1, 0.15) is 11.4 Å². The van der Waals surface area contributed by atoms with Crippen LogP contribution in [0.4, 0.5) is 11.6 Å². The predicted octanol–water partition coefficient (Wildman–Crippen LogP) is 3.49. The van der Waals surface area contributed by atoms with Crippen LogP contribution in [-0.4, -0.2) is 21.9 Å². The quantitative estimate of drug-likeness (QED) is 0.687. The van der Waals surface area contributed by atoms with Crippen LogP contribution in [0.15, 0.2) is 18.2 Å². The highest BCUT2D eigenvalue weighted by atomic mass is 35.5. The van der Waals surface area contributed by atoms with Crippen molar-refractivity contribution >= 4 is 23.2 Å². The van der Waals surface area contributed by atoms with Gasteiger partial charge in [0.25, 0.3) is 0 Å². The molecule has 21 heavy (non-hydrogen) atoms. The van der Waals surface area contributed by atoms with Crippen LogP contribution in [0.5, 0.6) is 11.6 Å². The molecule has 2 aromatic rings. The zero-order valence-electron chi connectivity index (χ0n) is 11.7. The van der Waals surface area contributed by atoms with Gasteiger partial charge in [-0.15, -0.1) is 0 Å². The van der Waals surface area contributed by atoms with Crippen molar-refractivity contribution in [1.82, 2.24) is 9.97 Å². The van der Waals surface area contributed by atoms with Crippen LogP contribution >= 0.6 is 11.6 Å². The molecule has 0 bridgehead atoms. The van der Waals surface area contributed by atoms with E-state index in [1.54, 1.807) is 32.2 Å². The third-order valence-electron chi connectivity index (χ3n) is 2.78. The Bertz CT molecular complexity index is 706. The van der Waals surface area contributed by atoms with Gasteiger partial charge in [0.15, 0.2) is 0 Å². The zero-order valence-corrected chi connectivity index (χ0v) is 12.4. The highest BCUT2D eigenvalue weighted by Crippen LogP contribution is 2.34. The van der Waals surface area contributed by atoms with E-state index in [0.29, 0.717) is 10.8 Å². The molecule has 0 amide bonds. The van der Waals surface area contributed by atoms with Crippen LogP contribution in [0.25, 0.3) is 0 Å². The fourth-order valence-electron chi connectivity index (χ4n) is 1.77. The standard InChI is InChI=1S/C13H13ClN4O3/c1-7-6-9(14)4-5-10(7)21-12-11(18(19)20)8(2)16-13(15-3)17-12/h4-6H,1-3H3,(H,15,16,17).